The first kappa shape index (κ1) is 23.7. The summed E-state index contributed by atoms with van der Waals surface area (Å²) in [5, 5.41) is 2.24. The van der Waals surface area contributed by atoms with Gasteiger partial charge in [-0.3, -0.25) is 29.4 Å². The highest BCUT2D eigenvalue weighted by Crippen LogP contribution is 2.56. The molecule has 3 aliphatic rings. The quantitative estimate of drug-likeness (QED) is 0.397. The molecule has 172 valence electrons. The van der Waals surface area contributed by atoms with Gasteiger partial charge in [-0.25, -0.2) is 9.69 Å². The average Bonchev–Trinajstić information content (AvgIpc) is 2.91. The number of hydrogen-bond acceptors (Lipinski definition) is 8. The Morgan fingerprint density at radius 2 is 1.78 bits per heavy atom. The van der Waals surface area contributed by atoms with Gasteiger partial charge in [0.25, 0.3) is 5.91 Å². The third-order valence-corrected chi connectivity index (χ3v) is 6.16. The van der Waals surface area contributed by atoms with E-state index in [9.17, 15) is 24.0 Å². The van der Waals surface area contributed by atoms with Gasteiger partial charge in [0, 0.05) is 38.9 Å². The van der Waals surface area contributed by atoms with Gasteiger partial charge in [-0.05, 0) is 43.5 Å². The van der Waals surface area contributed by atoms with E-state index in [1.54, 1.807) is 6.07 Å². The lowest BCUT2D eigenvalue weighted by Crippen LogP contribution is -2.53. The van der Waals surface area contributed by atoms with Crippen LogP contribution in [0, 0.1) is 0 Å². The number of imide groups is 2. The molecular weight excluding hydrogens is 442 g/mol. The summed E-state index contributed by atoms with van der Waals surface area (Å²) in [5.74, 6) is -2.74. The number of ether oxygens (including phenoxy) is 2. The minimum absolute atomic E-state index is 0. The van der Waals surface area contributed by atoms with Crippen LogP contribution in [0.1, 0.15) is 56.3 Å². The van der Waals surface area contributed by atoms with Crippen molar-refractivity contribution in [1.82, 2.24) is 15.1 Å². The SMILES string of the molecule is CC(=O)Oc1cc2c3c(c1OC(C)=O)C1(CCC3N(C)CC2)C(=O)NC(=O)N1C(C)=O.Cl. The average molecular weight is 466 g/mol. The van der Waals surface area contributed by atoms with Crippen molar-refractivity contribution in [2.45, 2.75) is 51.6 Å². The lowest BCUT2D eigenvalue weighted by molar-refractivity contribution is -0.139. The van der Waals surface area contributed by atoms with Crippen LogP contribution in [0.2, 0.25) is 0 Å². The van der Waals surface area contributed by atoms with E-state index in [-0.39, 0.29) is 41.9 Å². The number of benzene rings is 1. The van der Waals surface area contributed by atoms with Gasteiger partial charge in [0.2, 0.25) is 5.91 Å². The van der Waals surface area contributed by atoms with Crippen molar-refractivity contribution in [3.8, 4) is 11.5 Å². The number of rotatable bonds is 2. The first-order chi connectivity index (χ1) is 14.6. The molecular formula is C21H24ClN3O7. The van der Waals surface area contributed by atoms with Crippen molar-refractivity contribution in [1.29, 1.82) is 0 Å². The van der Waals surface area contributed by atoms with Crippen LogP contribution in [0.25, 0.3) is 0 Å². The van der Waals surface area contributed by atoms with E-state index in [4.69, 9.17) is 9.47 Å². The molecule has 2 atom stereocenters. The highest BCUT2D eigenvalue weighted by atomic mass is 35.5. The van der Waals surface area contributed by atoms with E-state index in [0.29, 0.717) is 12.8 Å². The van der Waals surface area contributed by atoms with Crippen molar-refractivity contribution in [2.75, 3.05) is 13.6 Å². The summed E-state index contributed by atoms with van der Waals surface area (Å²) in [5.41, 5.74) is 0.0869. The molecule has 1 fully saturated rings. The van der Waals surface area contributed by atoms with Crippen LogP contribution in [-0.4, -0.2) is 53.2 Å². The van der Waals surface area contributed by atoms with Gasteiger partial charge in [0.15, 0.2) is 17.0 Å². The van der Waals surface area contributed by atoms with Crippen LogP contribution < -0.4 is 14.8 Å². The summed E-state index contributed by atoms with van der Waals surface area (Å²) in [6, 6.07) is 0.701. The second-order valence-corrected chi connectivity index (χ2v) is 8.10. The first-order valence-electron chi connectivity index (χ1n) is 10.0. The molecule has 1 N–H and O–H groups in total. The Bertz CT molecular complexity index is 1060. The summed E-state index contributed by atoms with van der Waals surface area (Å²) < 4.78 is 10.8. The zero-order valence-corrected chi connectivity index (χ0v) is 19.0. The molecule has 1 saturated heterocycles. The Balaban J connectivity index is 0.00000289. The highest BCUT2D eigenvalue weighted by Gasteiger charge is 2.61. The smallest absolute Gasteiger partial charge is 0.332 e. The number of esters is 2. The summed E-state index contributed by atoms with van der Waals surface area (Å²) in [7, 11) is 1.95. The molecule has 0 bridgehead atoms. The van der Waals surface area contributed by atoms with Gasteiger partial charge in [0.1, 0.15) is 0 Å². The predicted octanol–water partition coefficient (Wildman–Crippen LogP) is 1.58. The number of carbonyl (C=O) groups is 5. The van der Waals surface area contributed by atoms with Crippen LogP contribution in [0.5, 0.6) is 11.5 Å². The van der Waals surface area contributed by atoms with Crippen molar-refractivity contribution in [3.63, 3.8) is 0 Å². The molecule has 1 aromatic carbocycles. The van der Waals surface area contributed by atoms with Gasteiger partial charge in [0.05, 0.1) is 0 Å². The number of nitrogens with one attached hydrogen (secondary N) is 1. The van der Waals surface area contributed by atoms with E-state index in [0.717, 1.165) is 22.6 Å². The van der Waals surface area contributed by atoms with Gasteiger partial charge >= 0.3 is 18.0 Å². The third kappa shape index (κ3) is 3.34. The first-order valence-corrected chi connectivity index (χ1v) is 10.0. The fraction of sp³-hybridized carbons (Fsp3) is 0.476. The number of urea groups is 1. The third-order valence-electron chi connectivity index (χ3n) is 6.16. The van der Waals surface area contributed by atoms with E-state index in [1.165, 1.54) is 20.8 Å². The van der Waals surface area contributed by atoms with E-state index in [1.807, 2.05) is 7.05 Å². The van der Waals surface area contributed by atoms with Crippen LogP contribution >= 0.6 is 12.4 Å². The van der Waals surface area contributed by atoms with Crippen LogP contribution in [0.15, 0.2) is 6.07 Å². The zero-order chi connectivity index (χ0) is 22.7. The van der Waals surface area contributed by atoms with Crippen LogP contribution in [0.4, 0.5) is 4.79 Å². The number of hydrogen-bond donors (Lipinski definition) is 1. The standard InChI is InChI=1S/C21H23N3O7.ClH/c1-10(25)24-20(29)22-19(28)21(24)7-5-14-16-13(6-8-23(14)4)9-15(30-11(2)26)18(17(16)21)31-12(3)27;/h9,14H,5-8H2,1-4H3,(H,22,28,29);1H. The number of likely N-dealkylation sites (N-methyl/N-ethyl adjacent to an activating group) is 1. The normalized spacial score (nSPS) is 23.9. The fourth-order valence-electron chi connectivity index (χ4n) is 5.08. The van der Waals surface area contributed by atoms with Crippen LogP contribution in [-0.2, 0) is 31.1 Å². The van der Waals surface area contributed by atoms with Gasteiger partial charge in [-0.1, -0.05) is 0 Å². The molecule has 4 amide bonds. The fourth-order valence-corrected chi connectivity index (χ4v) is 5.08. The summed E-state index contributed by atoms with van der Waals surface area (Å²) >= 11 is 0. The molecule has 0 aromatic heterocycles. The second-order valence-electron chi connectivity index (χ2n) is 8.10. The number of nitrogens with zero attached hydrogens (tertiary/aromatic N) is 2. The number of amides is 4. The molecule has 1 aliphatic carbocycles. The van der Waals surface area contributed by atoms with Crippen molar-refractivity contribution in [2.24, 2.45) is 0 Å². The maximum Gasteiger partial charge on any atom is 0.332 e. The number of carbonyl (C=O) groups excluding carboxylic acids is 5. The lowest BCUT2D eigenvalue weighted by Gasteiger charge is -2.47. The van der Waals surface area contributed by atoms with E-state index in [2.05, 4.69) is 10.2 Å². The van der Waals surface area contributed by atoms with Crippen molar-refractivity contribution >= 4 is 42.2 Å². The Morgan fingerprint density at radius 1 is 1.12 bits per heavy atom. The predicted molar refractivity (Wildman–Crippen MR) is 112 cm³/mol. The summed E-state index contributed by atoms with van der Waals surface area (Å²) in [6.45, 7) is 4.33. The number of fused-ring (bicyclic) bond motifs is 1. The Kier molecular flexibility index (Phi) is 6.05. The van der Waals surface area contributed by atoms with Crippen LogP contribution in [0.3, 0.4) is 0 Å². The van der Waals surface area contributed by atoms with Gasteiger partial charge in [-0.2, -0.15) is 0 Å². The molecule has 2 aliphatic heterocycles. The monoisotopic (exact) mass is 465 g/mol. The summed E-state index contributed by atoms with van der Waals surface area (Å²) in [4.78, 5) is 65.1. The Morgan fingerprint density at radius 3 is 2.38 bits per heavy atom. The molecule has 32 heavy (non-hydrogen) atoms. The minimum atomic E-state index is -1.69. The largest absolute Gasteiger partial charge is 0.423 e. The molecule has 2 unspecified atom stereocenters. The van der Waals surface area contributed by atoms with E-state index < -0.39 is 35.3 Å². The molecule has 0 saturated carbocycles. The topological polar surface area (TPSA) is 122 Å². The molecule has 4 rings (SSSR count). The van der Waals surface area contributed by atoms with E-state index >= 15 is 0 Å². The summed E-state index contributed by atoms with van der Waals surface area (Å²) in [6.07, 6.45) is 1.24. The second kappa shape index (κ2) is 8.18. The maximum atomic E-state index is 13.2. The maximum absolute atomic E-state index is 13.2. The lowest BCUT2D eigenvalue weighted by atomic mass is 9.69. The molecule has 0 radical (unpaired) electrons. The molecule has 2 heterocycles. The number of halogens is 1. The van der Waals surface area contributed by atoms with Gasteiger partial charge in [-0.15, -0.1) is 12.4 Å². The molecule has 10 nitrogen and oxygen atoms in total. The van der Waals surface area contributed by atoms with Crippen molar-refractivity contribution in [3.05, 3.63) is 22.8 Å². The Hall–Kier alpha value is -2.98. The van der Waals surface area contributed by atoms with Crippen molar-refractivity contribution < 1.29 is 33.4 Å². The van der Waals surface area contributed by atoms with Gasteiger partial charge < -0.3 is 9.47 Å². The minimum Gasteiger partial charge on any atom is -0.423 e. The zero-order valence-electron chi connectivity index (χ0n) is 18.1. The molecule has 1 spiro atoms. The molecule has 1 aromatic rings. The molecule has 11 heteroatoms. The highest BCUT2D eigenvalue weighted by molar-refractivity contribution is 6.14. The Labute approximate surface area is 190 Å².